The Hall–Kier alpha value is -0.420. The Morgan fingerprint density at radius 3 is 2.81 bits per heavy atom. The van der Waals surface area contributed by atoms with E-state index in [0.717, 1.165) is 19.6 Å². The van der Waals surface area contributed by atoms with Gasteiger partial charge in [-0.05, 0) is 25.3 Å². The molecule has 1 aromatic rings. The number of hydrogen-bond acceptors (Lipinski definition) is 4. The summed E-state index contributed by atoms with van der Waals surface area (Å²) in [6.45, 7) is 7.13. The Labute approximate surface area is 102 Å². The van der Waals surface area contributed by atoms with E-state index in [0.29, 0.717) is 6.04 Å². The van der Waals surface area contributed by atoms with E-state index < -0.39 is 0 Å². The maximum Gasteiger partial charge on any atom is 0.0667 e. The van der Waals surface area contributed by atoms with Crippen molar-refractivity contribution >= 4 is 11.3 Å². The first-order chi connectivity index (χ1) is 7.74. The molecule has 1 rings (SSSR count). The van der Waals surface area contributed by atoms with Crippen LogP contribution in [0.2, 0.25) is 0 Å². The molecule has 4 heteroatoms. The van der Waals surface area contributed by atoms with Crippen molar-refractivity contribution in [3.8, 4) is 0 Å². The topological polar surface area (TPSA) is 33.3 Å². The second-order valence-electron chi connectivity index (χ2n) is 3.94. The monoisotopic (exact) mass is 242 g/mol. The van der Waals surface area contributed by atoms with Crippen LogP contribution < -0.4 is 10.6 Å². The Bertz CT molecular complexity index is 264. The summed E-state index contributed by atoms with van der Waals surface area (Å²) in [5.41, 5.74) is 0. The van der Waals surface area contributed by atoms with Crippen LogP contribution in [0.5, 0.6) is 0 Å². The number of nitrogens with one attached hydrogen (secondary N) is 2. The lowest BCUT2D eigenvalue weighted by Crippen LogP contribution is -2.33. The average Bonchev–Trinajstić information content (AvgIpc) is 2.81. The Morgan fingerprint density at radius 2 is 2.19 bits per heavy atom. The lowest BCUT2D eigenvalue weighted by atomic mass is 10.3. The first kappa shape index (κ1) is 13.6. The molecule has 2 unspecified atom stereocenters. The standard InChI is InChI=1S/C12H22N2OS/c1-10(15-3)9-13-6-7-14-11(2)12-5-4-8-16-12/h4-5,8,10-11,13-14H,6-7,9H2,1-3H3. The second kappa shape index (κ2) is 7.79. The van der Waals surface area contributed by atoms with Gasteiger partial charge in [-0.3, -0.25) is 0 Å². The smallest absolute Gasteiger partial charge is 0.0667 e. The minimum absolute atomic E-state index is 0.287. The summed E-state index contributed by atoms with van der Waals surface area (Å²) in [4.78, 5) is 1.39. The van der Waals surface area contributed by atoms with Gasteiger partial charge in [0.05, 0.1) is 6.10 Å². The van der Waals surface area contributed by atoms with E-state index in [1.165, 1.54) is 4.88 Å². The molecule has 0 radical (unpaired) electrons. The van der Waals surface area contributed by atoms with Crippen LogP contribution in [0.3, 0.4) is 0 Å². The Kier molecular flexibility index (Phi) is 6.64. The first-order valence-electron chi connectivity index (χ1n) is 5.74. The molecule has 0 aliphatic heterocycles. The minimum atomic E-state index is 0.287. The molecule has 0 fully saturated rings. The number of thiophene rings is 1. The lowest BCUT2D eigenvalue weighted by molar-refractivity contribution is 0.117. The van der Waals surface area contributed by atoms with Crippen molar-refractivity contribution < 1.29 is 4.74 Å². The summed E-state index contributed by atoms with van der Waals surface area (Å²) in [5, 5.41) is 8.95. The number of methoxy groups -OCH3 is 1. The maximum atomic E-state index is 5.16. The molecule has 0 spiro atoms. The Balaban J connectivity index is 2.03. The van der Waals surface area contributed by atoms with Crippen LogP contribution in [0.1, 0.15) is 24.8 Å². The van der Waals surface area contributed by atoms with E-state index in [4.69, 9.17) is 4.74 Å². The molecule has 0 aliphatic rings. The van der Waals surface area contributed by atoms with Gasteiger partial charge in [-0.2, -0.15) is 0 Å². The van der Waals surface area contributed by atoms with Crippen molar-refractivity contribution in [2.45, 2.75) is 26.0 Å². The molecule has 2 N–H and O–H groups in total. The van der Waals surface area contributed by atoms with E-state index in [1.54, 1.807) is 18.4 Å². The van der Waals surface area contributed by atoms with Crippen molar-refractivity contribution in [3.63, 3.8) is 0 Å². The maximum absolute atomic E-state index is 5.16. The predicted molar refractivity (Wildman–Crippen MR) is 70.1 cm³/mol. The predicted octanol–water partition coefficient (Wildman–Crippen LogP) is 2.02. The highest BCUT2D eigenvalue weighted by Crippen LogP contribution is 2.17. The largest absolute Gasteiger partial charge is 0.380 e. The van der Waals surface area contributed by atoms with Crippen LogP contribution in [0.4, 0.5) is 0 Å². The highest BCUT2D eigenvalue weighted by molar-refractivity contribution is 7.10. The number of hydrogen-bond donors (Lipinski definition) is 2. The van der Waals surface area contributed by atoms with Crippen LogP contribution in [0.15, 0.2) is 17.5 Å². The summed E-state index contributed by atoms with van der Waals surface area (Å²) in [5.74, 6) is 0. The third kappa shape index (κ3) is 5.07. The van der Waals surface area contributed by atoms with Crippen molar-refractivity contribution in [2.24, 2.45) is 0 Å². The van der Waals surface area contributed by atoms with Gasteiger partial charge in [0.2, 0.25) is 0 Å². The van der Waals surface area contributed by atoms with Crippen LogP contribution in [-0.2, 0) is 4.74 Å². The second-order valence-corrected chi connectivity index (χ2v) is 4.92. The van der Waals surface area contributed by atoms with Gasteiger partial charge in [-0.25, -0.2) is 0 Å². The quantitative estimate of drug-likeness (QED) is 0.684. The molecule has 0 aromatic carbocycles. The Morgan fingerprint density at radius 1 is 1.38 bits per heavy atom. The highest BCUT2D eigenvalue weighted by Gasteiger charge is 2.04. The summed E-state index contributed by atoms with van der Waals surface area (Å²) in [6.07, 6.45) is 0.287. The third-order valence-electron chi connectivity index (χ3n) is 2.56. The molecule has 0 saturated carbocycles. The van der Waals surface area contributed by atoms with Crippen molar-refractivity contribution in [1.82, 2.24) is 10.6 Å². The third-order valence-corrected chi connectivity index (χ3v) is 3.61. The SMILES string of the molecule is COC(C)CNCCNC(C)c1cccs1. The molecule has 16 heavy (non-hydrogen) atoms. The van der Waals surface area contributed by atoms with Crippen LogP contribution in [-0.4, -0.2) is 32.8 Å². The first-order valence-corrected chi connectivity index (χ1v) is 6.62. The van der Waals surface area contributed by atoms with E-state index in [1.807, 2.05) is 0 Å². The van der Waals surface area contributed by atoms with Gasteiger partial charge >= 0.3 is 0 Å². The zero-order valence-corrected chi connectivity index (χ0v) is 11.1. The molecule has 1 aromatic heterocycles. The molecule has 0 saturated heterocycles. The van der Waals surface area contributed by atoms with E-state index >= 15 is 0 Å². The van der Waals surface area contributed by atoms with Gasteiger partial charge in [-0.15, -0.1) is 11.3 Å². The minimum Gasteiger partial charge on any atom is -0.380 e. The zero-order valence-electron chi connectivity index (χ0n) is 10.3. The van der Waals surface area contributed by atoms with E-state index in [2.05, 4.69) is 42.0 Å². The number of rotatable bonds is 8. The molecule has 92 valence electrons. The van der Waals surface area contributed by atoms with E-state index in [-0.39, 0.29) is 6.10 Å². The molecular formula is C12H22N2OS. The zero-order chi connectivity index (χ0) is 11.8. The van der Waals surface area contributed by atoms with Gasteiger partial charge in [0.15, 0.2) is 0 Å². The fourth-order valence-corrected chi connectivity index (χ4v) is 2.16. The van der Waals surface area contributed by atoms with E-state index in [9.17, 15) is 0 Å². The summed E-state index contributed by atoms with van der Waals surface area (Å²) < 4.78 is 5.16. The van der Waals surface area contributed by atoms with Crippen LogP contribution in [0, 0.1) is 0 Å². The van der Waals surface area contributed by atoms with Crippen LogP contribution >= 0.6 is 11.3 Å². The lowest BCUT2D eigenvalue weighted by Gasteiger charge is -2.14. The van der Waals surface area contributed by atoms with Gasteiger partial charge in [0.1, 0.15) is 0 Å². The highest BCUT2D eigenvalue weighted by atomic mass is 32.1. The van der Waals surface area contributed by atoms with Gasteiger partial charge in [0, 0.05) is 37.7 Å². The van der Waals surface area contributed by atoms with Gasteiger partial charge in [0.25, 0.3) is 0 Å². The average molecular weight is 242 g/mol. The number of ether oxygens (including phenoxy) is 1. The molecule has 1 heterocycles. The van der Waals surface area contributed by atoms with Gasteiger partial charge in [-0.1, -0.05) is 6.07 Å². The van der Waals surface area contributed by atoms with Crippen molar-refractivity contribution in [1.29, 1.82) is 0 Å². The molecule has 0 bridgehead atoms. The van der Waals surface area contributed by atoms with Gasteiger partial charge < -0.3 is 15.4 Å². The molecule has 0 amide bonds. The van der Waals surface area contributed by atoms with Crippen molar-refractivity contribution in [2.75, 3.05) is 26.7 Å². The molecule has 3 nitrogen and oxygen atoms in total. The normalized spacial score (nSPS) is 14.9. The summed E-state index contributed by atoms with van der Waals surface area (Å²) in [6, 6.07) is 4.71. The molecular weight excluding hydrogens is 220 g/mol. The fourth-order valence-electron chi connectivity index (χ4n) is 1.40. The van der Waals surface area contributed by atoms with Crippen LogP contribution in [0.25, 0.3) is 0 Å². The molecule has 2 atom stereocenters. The summed E-state index contributed by atoms with van der Waals surface area (Å²) >= 11 is 1.80. The fraction of sp³-hybridized carbons (Fsp3) is 0.667. The summed E-state index contributed by atoms with van der Waals surface area (Å²) in [7, 11) is 1.74. The molecule has 0 aliphatic carbocycles. The van der Waals surface area contributed by atoms with Crippen molar-refractivity contribution in [3.05, 3.63) is 22.4 Å².